The molecule has 0 aliphatic rings. The summed E-state index contributed by atoms with van der Waals surface area (Å²) in [4.78, 5) is 37.9. The standard InChI is InChI=1S/C19H18N2O4/c1-19(2,3)14-9-16(22)21-15-8-12(5-6-13(14)15)20-18(24)11-4-7-17(23)25-10-11/h4-10H,1-3H3,(H,20,24)(H,21,22). The number of rotatable bonds is 2. The number of pyridine rings is 1. The number of aromatic amines is 1. The molecule has 2 aromatic heterocycles. The lowest BCUT2D eigenvalue weighted by Crippen LogP contribution is -2.17. The van der Waals surface area contributed by atoms with Crippen LogP contribution in [0.4, 0.5) is 5.69 Å². The van der Waals surface area contributed by atoms with Gasteiger partial charge in [0.15, 0.2) is 0 Å². The zero-order valence-electron chi connectivity index (χ0n) is 14.2. The van der Waals surface area contributed by atoms with Crippen molar-refractivity contribution >= 4 is 22.5 Å². The number of amides is 1. The Bertz CT molecular complexity index is 1050. The van der Waals surface area contributed by atoms with Crippen LogP contribution in [0.1, 0.15) is 36.7 Å². The number of aromatic nitrogens is 1. The molecule has 0 radical (unpaired) electrons. The first-order chi connectivity index (χ1) is 11.7. The van der Waals surface area contributed by atoms with Crippen molar-refractivity contribution in [1.82, 2.24) is 4.98 Å². The number of hydrogen-bond acceptors (Lipinski definition) is 4. The van der Waals surface area contributed by atoms with Crippen LogP contribution < -0.4 is 16.5 Å². The van der Waals surface area contributed by atoms with Crippen LogP contribution in [0.15, 0.2) is 56.7 Å². The first kappa shape index (κ1) is 16.7. The number of fused-ring (bicyclic) bond motifs is 1. The summed E-state index contributed by atoms with van der Waals surface area (Å²) < 4.78 is 4.69. The highest BCUT2D eigenvalue weighted by Crippen LogP contribution is 2.29. The minimum atomic E-state index is -0.519. The van der Waals surface area contributed by atoms with Crippen LogP contribution in [0.5, 0.6) is 0 Å². The average Bonchev–Trinajstić information content (AvgIpc) is 2.53. The second kappa shape index (κ2) is 6.05. The average molecular weight is 338 g/mol. The first-order valence-electron chi connectivity index (χ1n) is 7.82. The van der Waals surface area contributed by atoms with E-state index >= 15 is 0 Å². The monoisotopic (exact) mass is 338 g/mol. The first-order valence-corrected chi connectivity index (χ1v) is 7.82. The molecular weight excluding hydrogens is 320 g/mol. The zero-order valence-corrected chi connectivity index (χ0v) is 14.2. The molecule has 0 spiro atoms. The molecule has 0 aliphatic heterocycles. The van der Waals surface area contributed by atoms with Gasteiger partial charge in [0, 0.05) is 23.2 Å². The van der Waals surface area contributed by atoms with Crippen molar-refractivity contribution in [3.63, 3.8) is 0 Å². The quantitative estimate of drug-likeness (QED) is 0.751. The Morgan fingerprint density at radius 3 is 2.48 bits per heavy atom. The Hall–Kier alpha value is -3.15. The molecule has 0 aliphatic carbocycles. The number of nitrogens with one attached hydrogen (secondary N) is 2. The fourth-order valence-corrected chi connectivity index (χ4v) is 2.65. The maximum absolute atomic E-state index is 12.2. The molecule has 6 heteroatoms. The number of H-pyrrole nitrogens is 1. The van der Waals surface area contributed by atoms with Crippen molar-refractivity contribution in [2.75, 3.05) is 5.32 Å². The van der Waals surface area contributed by atoms with Gasteiger partial charge in [-0.2, -0.15) is 0 Å². The molecule has 0 unspecified atom stereocenters. The van der Waals surface area contributed by atoms with Crippen molar-refractivity contribution in [3.05, 3.63) is 74.6 Å². The molecule has 6 nitrogen and oxygen atoms in total. The maximum atomic E-state index is 12.2. The van der Waals surface area contributed by atoms with Gasteiger partial charge in [0.2, 0.25) is 5.56 Å². The molecule has 0 atom stereocenters. The smallest absolute Gasteiger partial charge is 0.335 e. The Kier molecular flexibility index (Phi) is 4.04. The van der Waals surface area contributed by atoms with Crippen molar-refractivity contribution < 1.29 is 9.21 Å². The fourth-order valence-electron chi connectivity index (χ4n) is 2.65. The van der Waals surface area contributed by atoms with Crippen molar-refractivity contribution in [2.45, 2.75) is 26.2 Å². The molecule has 0 saturated carbocycles. The SMILES string of the molecule is CC(C)(C)c1cc(=O)[nH]c2cc(NC(=O)c3ccc(=O)oc3)ccc12. The van der Waals surface area contributed by atoms with Crippen LogP contribution in [-0.2, 0) is 5.41 Å². The lowest BCUT2D eigenvalue weighted by molar-refractivity contribution is 0.102. The molecule has 3 aromatic rings. The largest absolute Gasteiger partial charge is 0.430 e. The van der Waals surface area contributed by atoms with Gasteiger partial charge in [-0.15, -0.1) is 0 Å². The van der Waals surface area contributed by atoms with E-state index in [4.69, 9.17) is 4.42 Å². The molecule has 1 aromatic carbocycles. The van der Waals surface area contributed by atoms with Gasteiger partial charge in [-0.1, -0.05) is 26.8 Å². The molecule has 0 fully saturated rings. The van der Waals surface area contributed by atoms with Crippen molar-refractivity contribution in [2.24, 2.45) is 0 Å². The van der Waals surface area contributed by atoms with Gasteiger partial charge in [0.1, 0.15) is 6.26 Å². The van der Waals surface area contributed by atoms with Gasteiger partial charge in [-0.05, 0) is 29.2 Å². The minimum Gasteiger partial charge on any atom is -0.430 e. The van der Waals surface area contributed by atoms with E-state index in [-0.39, 0.29) is 16.5 Å². The molecule has 3 rings (SSSR count). The van der Waals surface area contributed by atoms with E-state index in [1.165, 1.54) is 12.1 Å². The lowest BCUT2D eigenvalue weighted by Gasteiger charge is -2.21. The van der Waals surface area contributed by atoms with Crippen LogP contribution in [0, 0.1) is 0 Å². The van der Waals surface area contributed by atoms with Gasteiger partial charge in [0.05, 0.1) is 11.1 Å². The second-order valence-corrected chi connectivity index (χ2v) is 6.86. The molecule has 0 bridgehead atoms. The summed E-state index contributed by atoms with van der Waals surface area (Å²) in [5.41, 5.74) is 1.46. The molecule has 25 heavy (non-hydrogen) atoms. The third kappa shape index (κ3) is 3.52. The van der Waals surface area contributed by atoms with E-state index in [0.29, 0.717) is 11.2 Å². The van der Waals surface area contributed by atoms with Crippen molar-refractivity contribution in [3.8, 4) is 0 Å². The van der Waals surface area contributed by atoms with E-state index in [1.807, 2.05) is 26.8 Å². The summed E-state index contributed by atoms with van der Waals surface area (Å²) in [6, 6.07) is 9.53. The lowest BCUT2D eigenvalue weighted by atomic mass is 9.85. The fraction of sp³-hybridized carbons (Fsp3) is 0.211. The summed E-state index contributed by atoms with van der Waals surface area (Å²) >= 11 is 0. The predicted octanol–water partition coefficient (Wildman–Crippen LogP) is 3.03. The van der Waals surface area contributed by atoms with Gasteiger partial charge >= 0.3 is 5.63 Å². The van der Waals surface area contributed by atoms with Crippen molar-refractivity contribution in [1.29, 1.82) is 0 Å². The molecule has 2 N–H and O–H groups in total. The Labute approximate surface area is 143 Å². The predicted molar refractivity (Wildman–Crippen MR) is 96.2 cm³/mol. The third-order valence-corrected chi connectivity index (χ3v) is 3.87. The summed E-state index contributed by atoms with van der Waals surface area (Å²) in [5.74, 6) is -0.405. The summed E-state index contributed by atoms with van der Waals surface area (Å²) in [6.07, 6.45) is 1.11. The van der Waals surface area contributed by atoms with Crippen LogP contribution in [-0.4, -0.2) is 10.9 Å². The van der Waals surface area contributed by atoms with E-state index in [2.05, 4.69) is 10.3 Å². The highest BCUT2D eigenvalue weighted by molar-refractivity contribution is 6.04. The summed E-state index contributed by atoms with van der Waals surface area (Å²) in [5, 5.41) is 3.65. The van der Waals surface area contributed by atoms with Gasteiger partial charge in [-0.3, -0.25) is 9.59 Å². The molecular formula is C19H18N2O4. The highest BCUT2D eigenvalue weighted by atomic mass is 16.4. The molecule has 128 valence electrons. The van der Waals surface area contributed by atoms with Crippen LogP contribution in [0.3, 0.4) is 0 Å². The summed E-state index contributed by atoms with van der Waals surface area (Å²) in [6.45, 7) is 6.13. The topological polar surface area (TPSA) is 92.2 Å². The number of carbonyl (C=O) groups is 1. The van der Waals surface area contributed by atoms with Gasteiger partial charge in [-0.25, -0.2) is 4.79 Å². The Morgan fingerprint density at radius 2 is 1.84 bits per heavy atom. The molecule has 0 saturated heterocycles. The van der Waals surface area contributed by atoms with Crippen LogP contribution in [0.2, 0.25) is 0 Å². The van der Waals surface area contributed by atoms with E-state index in [1.54, 1.807) is 18.2 Å². The van der Waals surface area contributed by atoms with E-state index in [0.717, 1.165) is 17.2 Å². The van der Waals surface area contributed by atoms with E-state index in [9.17, 15) is 14.4 Å². The molecule has 1 amide bonds. The van der Waals surface area contributed by atoms with Gasteiger partial charge < -0.3 is 14.7 Å². The van der Waals surface area contributed by atoms with Crippen LogP contribution >= 0.6 is 0 Å². The highest BCUT2D eigenvalue weighted by Gasteiger charge is 2.18. The van der Waals surface area contributed by atoms with Gasteiger partial charge in [0.25, 0.3) is 5.91 Å². The third-order valence-electron chi connectivity index (χ3n) is 3.87. The number of hydrogen-bond donors (Lipinski definition) is 2. The Balaban J connectivity index is 1.99. The molecule has 2 heterocycles. The number of anilines is 1. The number of carbonyl (C=O) groups excluding carboxylic acids is 1. The summed E-state index contributed by atoms with van der Waals surface area (Å²) in [7, 11) is 0. The minimum absolute atomic E-state index is 0.182. The normalized spacial score (nSPS) is 11.5. The second-order valence-electron chi connectivity index (χ2n) is 6.86. The van der Waals surface area contributed by atoms with E-state index < -0.39 is 11.5 Å². The Morgan fingerprint density at radius 1 is 1.08 bits per heavy atom. The maximum Gasteiger partial charge on any atom is 0.335 e. The van der Waals surface area contributed by atoms with Crippen LogP contribution in [0.25, 0.3) is 10.9 Å². The zero-order chi connectivity index (χ0) is 18.2. The number of benzene rings is 1.